The van der Waals surface area contributed by atoms with Crippen LogP contribution in [0.5, 0.6) is 5.75 Å². The maximum atomic E-state index is 9.85. The zero-order valence-corrected chi connectivity index (χ0v) is 11.3. The molecule has 0 amide bonds. The van der Waals surface area contributed by atoms with Gasteiger partial charge in [-0.2, -0.15) is 0 Å². The molecule has 0 aliphatic rings. The van der Waals surface area contributed by atoms with Crippen molar-refractivity contribution in [1.29, 1.82) is 0 Å². The average Bonchev–Trinajstić information content (AvgIpc) is 3.00. The molecule has 0 fully saturated rings. The fourth-order valence-corrected chi connectivity index (χ4v) is 3.07. The first-order valence-electron chi connectivity index (χ1n) is 6.91. The van der Waals surface area contributed by atoms with Gasteiger partial charge in [0.1, 0.15) is 11.8 Å². The van der Waals surface area contributed by atoms with Crippen molar-refractivity contribution in [3.63, 3.8) is 0 Å². The lowest BCUT2D eigenvalue weighted by molar-refractivity contribution is 0.464. The molecule has 4 aromatic rings. The summed E-state index contributed by atoms with van der Waals surface area (Å²) in [4.78, 5) is 0. The molecule has 0 unspecified atom stereocenters. The third kappa shape index (κ3) is 1.35. The molecule has 0 saturated heterocycles. The molecule has 2 aromatic carbocycles. The molecular weight excluding hydrogens is 250 g/mol. The van der Waals surface area contributed by atoms with E-state index in [4.69, 9.17) is 4.42 Å². The van der Waals surface area contributed by atoms with E-state index in [1.807, 2.05) is 12.1 Å². The van der Waals surface area contributed by atoms with Gasteiger partial charge in [0, 0.05) is 17.4 Å². The van der Waals surface area contributed by atoms with E-state index in [-0.39, 0.29) is 5.75 Å². The highest BCUT2D eigenvalue weighted by molar-refractivity contribution is 6.19. The largest absolute Gasteiger partial charge is 0.504 e. The minimum Gasteiger partial charge on any atom is -0.504 e. The number of aryl methyl sites for hydroxylation is 1. The minimum absolute atomic E-state index is 0.203. The Balaban J connectivity index is 2.28. The van der Waals surface area contributed by atoms with Gasteiger partial charge < -0.3 is 14.1 Å². The summed E-state index contributed by atoms with van der Waals surface area (Å²) >= 11 is 0. The number of hydrogen-bond acceptors (Lipinski definition) is 2. The van der Waals surface area contributed by atoms with Crippen LogP contribution >= 0.6 is 0 Å². The number of fused-ring (bicyclic) bond motifs is 5. The molecular formula is C17H15NO2. The van der Waals surface area contributed by atoms with Gasteiger partial charge in [-0.15, -0.1) is 0 Å². The fourth-order valence-electron chi connectivity index (χ4n) is 3.07. The quantitative estimate of drug-likeness (QED) is 0.572. The topological polar surface area (TPSA) is 38.3 Å². The predicted octanol–water partition coefficient (Wildman–Crippen LogP) is 4.66. The molecule has 0 aliphatic carbocycles. The van der Waals surface area contributed by atoms with Crippen LogP contribution in [0.25, 0.3) is 32.8 Å². The molecule has 2 heterocycles. The number of hydrogen-bond donors (Lipinski definition) is 1. The Morgan fingerprint density at radius 3 is 2.75 bits per heavy atom. The Bertz CT molecular complexity index is 930. The molecule has 0 saturated carbocycles. The second kappa shape index (κ2) is 4.04. The molecule has 3 nitrogen and oxygen atoms in total. The van der Waals surface area contributed by atoms with Crippen molar-refractivity contribution in [2.24, 2.45) is 0 Å². The maximum absolute atomic E-state index is 9.85. The molecule has 0 spiro atoms. The van der Waals surface area contributed by atoms with E-state index in [2.05, 4.69) is 35.8 Å². The smallest absolute Gasteiger partial charge is 0.161 e. The highest BCUT2D eigenvalue weighted by atomic mass is 16.4. The summed E-state index contributed by atoms with van der Waals surface area (Å²) in [6.07, 6.45) is 2.49. The van der Waals surface area contributed by atoms with Crippen LogP contribution in [-0.4, -0.2) is 9.67 Å². The average molecular weight is 265 g/mol. The number of aromatic hydroxyl groups is 1. The van der Waals surface area contributed by atoms with Crippen LogP contribution in [0, 0.1) is 0 Å². The lowest BCUT2D eigenvalue weighted by Crippen LogP contribution is -1.95. The number of nitrogens with zero attached hydrogens (tertiary/aromatic N) is 1. The molecule has 100 valence electrons. The van der Waals surface area contributed by atoms with Gasteiger partial charge in [0.2, 0.25) is 0 Å². The van der Waals surface area contributed by atoms with Gasteiger partial charge >= 0.3 is 0 Å². The van der Waals surface area contributed by atoms with Crippen molar-refractivity contribution < 1.29 is 9.52 Å². The van der Waals surface area contributed by atoms with E-state index < -0.39 is 0 Å². The van der Waals surface area contributed by atoms with Gasteiger partial charge in [-0.05, 0) is 24.6 Å². The Labute approximate surface area is 116 Å². The second-order valence-electron chi connectivity index (χ2n) is 5.13. The van der Waals surface area contributed by atoms with Crippen LogP contribution in [0.15, 0.2) is 47.1 Å². The summed E-state index contributed by atoms with van der Waals surface area (Å²) in [6, 6.07) is 12.4. The van der Waals surface area contributed by atoms with Crippen LogP contribution in [0.2, 0.25) is 0 Å². The first-order chi connectivity index (χ1) is 9.81. The summed E-state index contributed by atoms with van der Waals surface area (Å²) in [5, 5.41) is 12.9. The van der Waals surface area contributed by atoms with Crippen molar-refractivity contribution in [3.05, 3.63) is 42.7 Å². The van der Waals surface area contributed by atoms with E-state index in [1.165, 1.54) is 17.2 Å². The van der Waals surface area contributed by atoms with Crippen LogP contribution in [0.4, 0.5) is 0 Å². The minimum atomic E-state index is 0.203. The Kier molecular flexibility index (Phi) is 2.30. The first kappa shape index (κ1) is 11.4. The molecule has 4 rings (SSSR count). The summed E-state index contributed by atoms with van der Waals surface area (Å²) in [5.41, 5.74) is 3.15. The fraction of sp³-hybridized carbons (Fsp3) is 0.176. The number of rotatable bonds is 2. The van der Waals surface area contributed by atoms with Crippen LogP contribution in [0.3, 0.4) is 0 Å². The lowest BCUT2D eigenvalue weighted by Gasteiger charge is -2.04. The Hall–Kier alpha value is -2.42. The van der Waals surface area contributed by atoms with E-state index in [1.54, 1.807) is 0 Å². The monoisotopic (exact) mass is 265 g/mol. The number of para-hydroxylation sites is 1. The SMILES string of the molecule is CCCn1c2ccccc2c2c3occ(O)c3ccc21. The summed E-state index contributed by atoms with van der Waals surface area (Å²) in [6.45, 7) is 3.15. The van der Waals surface area contributed by atoms with Crippen LogP contribution in [0.1, 0.15) is 13.3 Å². The Morgan fingerprint density at radius 1 is 1.05 bits per heavy atom. The van der Waals surface area contributed by atoms with Gasteiger partial charge in [0.05, 0.1) is 16.3 Å². The second-order valence-corrected chi connectivity index (χ2v) is 5.13. The molecule has 0 atom stereocenters. The molecule has 0 bridgehead atoms. The lowest BCUT2D eigenvalue weighted by atomic mass is 10.1. The molecule has 1 N–H and O–H groups in total. The van der Waals surface area contributed by atoms with Gasteiger partial charge in [-0.25, -0.2) is 0 Å². The Morgan fingerprint density at radius 2 is 1.90 bits per heavy atom. The zero-order valence-electron chi connectivity index (χ0n) is 11.3. The van der Waals surface area contributed by atoms with E-state index >= 15 is 0 Å². The van der Waals surface area contributed by atoms with Crippen molar-refractivity contribution >= 4 is 32.8 Å². The van der Waals surface area contributed by atoms with E-state index in [0.717, 1.165) is 34.8 Å². The molecule has 0 radical (unpaired) electrons. The molecule has 20 heavy (non-hydrogen) atoms. The number of furan rings is 1. The maximum Gasteiger partial charge on any atom is 0.161 e. The van der Waals surface area contributed by atoms with Crippen molar-refractivity contribution in [1.82, 2.24) is 4.57 Å². The van der Waals surface area contributed by atoms with Crippen molar-refractivity contribution in [2.75, 3.05) is 0 Å². The highest BCUT2D eigenvalue weighted by Gasteiger charge is 2.16. The van der Waals surface area contributed by atoms with Gasteiger partial charge in [-0.1, -0.05) is 25.1 Å². The molecule has 0 aliphatic heterocycles. The van der Waals surface area contributed by atoms with Crippen molar-refractivity contribution in [2.45, 2.75) is 19.9 Å². The van der Waals surface area contributed by atoms with Crippen LogP contribution < -0.4 is 0 Å². The van der Waals surface area contributed by atoms with Gasteiger partial charge in [0.15, 0.2) is 5.75 Å². The van der Waals surface area contributed by atoms with Gasteiger partial charge in [-0.3, -0.25) is 0 Å². The van der Waals surface area contributed by atoms with E-state index in [0.29, 0.717) is 0 Å². The molecule has 2 aromatic heterocycles. The van der Waals surface area contributed by atoms with E-state index in [9.17, 15) is 5.11 Å². The normalized spacial score (nSPS) is 11.8. The first-order valence-corrected chi connectivity index (χ1v) is 6.91. The standard InChI is InChI=1S/C17H15NO2/c1-2-9-18-13-6-4-3-5-11(13)16-14(18)8-7-12-15(19)10-20-17(12)16/h3-8,10,19H,2,9H2,1H3. The van der Waals surface area contributed by atoms with Crippen molar-refractivity contribution in [3.8, 4) is 5.75 Å². The van der Waals surface area contributed by atoms with Gasteiger partial charge in [0.25, 0.3) is 0 Å². The zero-order chi connectivity index (χ0) is 13.7. The third-order valence-electron chi connectivity index (χ3n) is 3.90. The van der Waals surface area contributed by atoms with Crippen LogP contribution in [-0.2, 0) is 6.54 Å². The summed E-state index contributed by atoms with van der Waals surface area (Å²) in [7, 11) is 0. The number of aromatic nitrogens is 1. The number of benzene rings is 2. The highest BCUT2D eigenvalue weighted by Crippen LogP contribution is 2.38. The summed E-state index contributed by atoms with van der Waals surface area (Å²) in [5.74, 6) is 0.203. The third-order valence-corrected chi connectivity index (χ3v) is 3.90. The predicted molar refractivity (Wildman–Crippen MR) is 81.2 cm³/mol. The summed E-state index contributed by atoms with van der Waals surface area (Å²) < 4.78 is 7.92. The molecule has 3 heteroatoms.